The number of hydrogen-bond donors (Lipinski definition) is 1. The van der Waals surface area contributed by atoms with E-state index in [2.05, 4.69) is 13.0 Å². The van der Waals surface area contributed by atoms with Crippen LogP contribution in [0.4, 0.5) is 5.69 Å². The number of nitrogens with zero attached hydrogens (tertiary/aromatic N) is 1. The molecule has 1 amide bonds. The molecule has 0 aliphatic carbocycles. The van der Waals surface area contributed by atoms with Crippen LogP contribution < -0.4 is 10.6 Å². The summed E-state index contributed by atoms with van der Waals surface area (Å²) < 4.78 is 0. The molecule has 0 aliphatic rings. The molecule has 2 N–H and O–H groups in total. The van der Waals surface area contributed by atoms with Crippen LogP contribution in [0.5, 0.6) is 0 Å². The lowest BCUT2D eigenvalue weighted by atomic mass is 10.1. The van der Waals surface area contributed by atoms with Gasteiger partial charge in [0.2, 0.25) is 5.91 Å². The molecule has 1 aromatic carbocycles. The first kappa shape index (κ1) is 11.6. The fourth-order valence-electron chi connectivity index (χ4n) is 1.67. The molecule has 1 aromatic rings. The highest BCUT2D eigenvalue weighted by molar-refractivity contribution is 5.79. The summed E-state index contributed by atoms with van der Waals surface area (Å²) >= 11 is 0. The molecule has 82 valence electrons. The monoisotopic (exact) mass is 206 g/mol. The van der Waals surface area contributed by atoms with Crippen LogP contribution >= 0.6 is 0 Å². The Balaban J connectivity index is 2.95. The number of rotatable bonds is 5. The number of carbonyl (C=O) groups is 1. The third-order valence-corrected chi connectivity index (χ3v) is 2.44. The van der Waals surface area contributed by atoms with Gasteiger partial charge in [-0.05, 0) is 25.0 Å². The molecule has 0 saturated heterocycles. The highest BCUT2D eigenvalue weighted by atomic mass is 16.1. The lowest BCUT2D eigenvalue weighted by Gasteiger charge is -2.23. The van der Waals surface area contributed by atoms with Crippen LogP contribution in [0.1, 0.15) is 19.4 Å². The molecule has 0 heterocycles. The number of benzene rings is 1. The maximum absolute atomic E-state index is 10.9. The Morgan fingerprint density at radius 2 is 2.00 bits per heavy atom. The number of anilines is 1. The second-order valence-electron chi connectivity index (χ2n) is 3.46. The van der Waals surface area contributed by atoms with Crippen molar-refractivity contribution in [3.63, 3.8) is 0 Å². The van der Waals surface area contributed by atoms with Crippen LogP contribution in [0.15, 0.2) is 24.3 Å². The zero-order valence-electron chi connectivity index (χ0n) is 9.36. The average Bonchev–Trinajstić information content (AvgIpc) is 2.25. The second-order valence-corrected chi connectivity index (χ2v) is 3.46. The summed E-state index contributed by atoms with van der Waals surface area (Å²) in [5.74, 6) is -0.289. The van der Waals surface area contributed by atoms with Gasteiger partial charge >= 0.3 is 0 Å². The normalized spacial score (nSPS) is 10.0. The summed E-state index contributed by atoms with van der Waals surface area (Å²) in [6, 6.07) is 8.11. The van der Waals surface area contributed by atoms with Gasteiger partial charge in [-0.3, -0.25) is 4.79 Å². The van der Waals surface area contributed by atoms with Gasteiger partial charge in [0.1, 0.15) is 0 Å². The summed E-state index contributed by atoms with van der Waals surface area (Å²) in [5.41, 5.74) is 7.58. The molecule has 0 radical (unpaired) electrons. The van der Waals surface area contributed by atoms with Crippen molar-refractivity contribution in [3.05, 3.63) is 29.8 Å². The predicted octanol–water partition coefficient (Wildman–Crippen LogP) is 1.56. The van der Waals surface area contributed by atoms with E-state index in [1.807, 2.05) is 30.0 Å². The number of carbonyl (C=O) groups excluding carboxylic acids is 1. The first-order valence-corrected chi connectivity index (χ1v) is 5.30. The van der Waals surface area contributed by atoms with Crippen molar-refractivity contribution < 1.29 is 4.79 Å². The molecule has 3 nitrogen and oxygen atoms in total. The lowest BCUT2D eigenvalue weighted by Crippen LogP contribution is -2.34. The molecule has 0 bridgehead atoms. The molecule has 0 atom stereocenters. The Kier molecular flexibility index (Phi) is 4.16. The first-order valence-electron chi connectivity index (χ1n) is 5.30. The summed E-state index contributed by atoms with van der Waals surface area (Å²) in [6.45, 7) is 5.21. The Bertz CT molecular complexity index is 336. The van der Waals surface area contributed by atoms with Crippen LogP contribution in [-0.4, -0.2) is 19.0 Å². The molecule has 3 heteroatoms. The number of amides is 1. The predicted molar refractivity (Wildman–Crippen MR) is 62.9 cm³/mol. The van der Waals surface area contributed by atoms with Crippen molar-refractivity contribution >= 4 is 11.6 Å². The van der Waals surface area contributed by atoms with E-state index in [9.17, 15) is 4.79 Å². The maximum atomic E-state index is 10.9. The van der Waals surface area contributed by atoms with Gasteiger partial charge in [-0.2, -0.15) is 0 Å². The highest BCUT2D eigenvalue weighted by Crippen LogP contribution is 2.20. The van der Waals surface area contributed by atoms with Gasteiger partial charge in [0.25, 0.3) is 0 Å². The molecule has 1 rings (SSSR count). The smallest absolute Gasteiger partial charge is 0.236 e. The maximum Gasteiger partial charge on any atom is 0.236 e. The number of aryl methyl sites for hydroxylation is 1. The van der Waals surface area contributed by atoms with Crippen LogP contribution in [0.3, 0.4) is 0 Å². The second kappa shape index (κ2) is 5.39. The van der Waals surface area contributed by atoms with Crippen molar-refractivity contribution in [3.8, 4) is 0 Å². The van der Waals surface area contributed by atoms with Crippen molar-refractivity contribution in [2.45, 2.75) is 20.3 Å². The number of nitrogens with two attached hydrogens (primary N) is 1. The zero-order valence-corrected chi connectivity index (χ0v) is 9.36. The fraction of sp³-hybridized carbons (Fsp3) is 0.417. The van der Waals surface area contributed by atoms with Crippen molar-refractivity contribution in [2.24, 2.45) is 5.73 Å². The van der Waals surface area contributed by atoms with E-state index in [-0.39, 0.29) is 12.5 Å². The van der Waals surface area contributed by atoms with Gasteiger partial charge in [-0.25, -0.2) is 0 Å². The summed E-state index contributed by atoms with van der Waals surface area (Å²) in [6.07, 6.45) is 0.964. The third kappa shape index (κ3) is 2.98. The number of primary amides is 1. The van der Waals surface area contributed by atoms with Gasteiger partial charge in [-0.1, -0.05) is 25.1 Å². The molecule has 0 saturated carbocycles. The van der Waals surface area contributed by atoms with Gasteiger partial charge in [0.15, 0.2) is 0 Å². The highest BCUT2D eigenvalue weighted by Gasteiger charge is 2.09. The van der Waals surface area contributed by atoms with Gasteiger partial charge < -0.3 is 10.6 Å². The Morgan fingerprint density at radius 1 is 1.33 bits per heavy atom. The molecule has 15 heavy (non-hydrogen) atoms. The molecule has 0 spiro atoms. The van der Waals surface area contributed by atoms with E-state index >= 15 is 0 Å². The van der Waals surface area contributed by atoms with E-state index < -0.39 is 0 Å². The molecule has 0 unspecified atom stereocenters. The minimum Gasteiger partial charge on any atom is -0.368 e. The Hall–Kier alpha value is -1.51. The van der Waals surface area contributed by atoms with Gasteiger partial charge in [0, 0.05) is 12.2 Å². The third-order valence-electron chi connectivity index (χ3n) is 2.44. The summed E-state index contributed by atoms with van der Waals surface area (Å²) in [7, 11) is 0. The van der Waals surface area contributed by atoms with Crippen LogP contribution in [-0.2, 0) is 11.2 Å². The number of likely N-dealkylation sites (N-methyl/N-ethyl adjacent to an activating group) is 1. The van der Waals surface area contributed by atoms with Crippen LogP contribution in [0.2, 0.25) is 0 Å². The van der Waals surface area contributed by atoms with Crippen molar-refractivity contribution in [1.29, 1.82) is 0 Å². The van der Waals surface area contributed by atoms with Crippen molar-refractivity contribution in [2.75, 3.05) is 18.0 Å². The molecule has 0 aromatic heterocycles. The minimum atomic E-state index is -0.289. The van der Waals surface area contributed by atoms with E-state index in [1.165, 1.54) is 5.56 Å². The average molecular weight is 206 g/mol. The van der Waals surface area contributed by atoms with Gasteiger partial charge in [0.05, 0.1) is 6.54 Å². The molecular formula is C12H18N2O. The fourth-order valence-corrected chi connectivity index (χ4v) is 1.67. The zero-order chi connectivity index (χ0) is 11.3. The molecule has 0 fully saturated rings. The number of para-hydroxylation sites is 1. The van der Waals surface area contributed by atoms with Crippen molar-refractivity contribution in [1.82, 2.24) is 0 Å². The van der Waals surface area contributed by atoms with Gasteiger partial charge in [-0.15, -0.1) is 0 Å². The molecular weight excluding hydrogens is 188 g/mol. The van der Waals surface area contributed by atoms with E-state index in [1.54, 1.807) is 0 Å². The Morgan fingerprint density at radius 3 is 2.53 bits per heavy atom. The SMILES string of the molecule is CCc1ccccc1N(CC)CC(N)=O. The Labute approximate surface area is 90.9 Å². The van der Waals surface area contributed by atoms with Crippen LogP contribution in [0.25, 0.3) is 0 Å². The summed E-state index contributed by atoms with van der Waals surface area (Å²) in [5, 5.41) is 0. The summed E-state index contributed by atoms with van der Waals surface area (Å²) in [4.78, 5) is 12.9. The lowest BCUT2D eigenvalue weighted by molar-refractivity contribution is -0.116. The van der Waals surface area contributed by atoms with E-state index in [0.29, 0.717) is 0 Å². The van der Waals surface area contributed by atoms with E-state index in [4.69, 9.17) is 5.73 Å². The van der Waals surface area contributed by atoms with Crippen LogP contribution in [0, 0.1) is 0 Å². The topological polar surface area (TPSA) is 46.3 Å². The molecule has 0 aliphatic heterocycles. The quantitative estimate of drug-likeness (QED) is 0.794. The number of hydrogen-bond acceptors (Lipinski definition) is 2. The standard InChI is InChI=1S/C12H18N2O/c1-3-10-7-5-6-8-11(10)14(4-2)9-12(13)15/h5-8H,3-4,9H2,1-2H3,(H2,13,15). The largest absolute Gasteiger partial charge is 0.368 e. The first-order chi connectivity index (χ1) is 7.19. The minimum absolute atomic E-state index is 0.285. The van der Waals surface area contributed by atoms with E-state index in [0.717, 1.165) is 18.7 Å².